The Labute approximate surface area is 126 Å². The minimum Gasteiger partial charge on any atom is -0.352 e. The van der Waals surface area contributed by atoms with Gasteiger partial charge in [0, 0.05) is 13.1 Å². The molecule has 1 rings (SSSR count). The maximum atomic E-state index is 12.3. The Hall–Kier alpha value is -1.44. The van der Waals surface area contributed by atoms with Crippen molar-refractivity contribution < 1.29 is 13.2 Å². The number of carbonyl (C=O) groups is 1. The highest BCUT2D eigenvalue weighted by Crippen LogP contribution is 2.25. The third kappa shape index (κ3) is 4.26. The fourth-order valence-corrected chi connectivity index (χ4v) is 2.63. The summed E-state index contributed by atoms with van der Waals surface area (Å²) < 4.78 is 22.3. The lowest BCUT2D eigenvalue weighted by Crippen LogP contribution is -2.45. The number of sulfonamides is 1. The van der Waals surface area contributed by atoms with Crippen LogP contribution in [-0.2, 0) is 21.4 Å². The van der Waals surface area contributed by atoms with Crippen LogP contribution in [0.1, 0.15) is 32.3 Å². The molecule has 6 nitrogen and oxygen atoms in total. The molecular weight excluding hydrogens is 290 g/mol. The molecule has 0 spiro atoms. The fourth-order valence-electron chi connectivity index (χ4n) is 2.12. The molecule has 0 heterocycles. The predicted octanol–water partition coefficient (Wildman–Crippen LogP) is 0.715. The molecular formula is C14H23N3O3S. The van der Waals surface area contributed by atoms with E-state index in [9.17, 15) is 13.2 Å². The van der Waals surface area contributed by atoms with Crippen LogP contribution in [0.25, 0.3) is 0 Å². The first-order valence-corrected chi connectivity index (χ1v) is 8.44. The zero-order valence-corrected chi connectivity index (χ0v) is 13.2. The molecule has 0 atom stereocenters. The highest BCUT2D eigenvalue weighted by atomic mass is 32.2. The second-order valence-electron chi connectivity index (χ2n) is 5.06. The second kappa shape index (κ2) is 7.02. The Morgan fingerprint density at radius 2 is 1.71 bits per heavy atom. The van der Waals surface area contributed by atoms with Gasteiger partial charge in [0.2, 0.25) is 15.9 Å². The number of nitrogens with two attached hydrogens (primary N) is 2. The van der Waals surface area contributed by atoms with Crippen LogP contribution in [0, 0.1) is 5.41 Å². The molecule has 1 amide bonds. The first-order chi connectivity index (χ1) is 9.79. The van der Waals surface area contributed by atoms with Gasteiger partial charge in [0.05, 0.1) is 10.3 Å². The molecule has 0 aromatic heterocycles. The van der Waals surface area contributed by atoms with Gasteiger partial charge in [-0.1, -0.05) is 26.0 Å². The minimum atomic E-state index is -3.69. The molecule has 7 heteroatoms. The Kier molecular flexibility index (Phi) is 5.88. The third-order valence-electron chi connectivity index (χ3n) is 3.93. The normalized spacial score (nSPS) is 12.2. The van der Waals surface area contributed by atoms with Crippen molar-refractivity contribution in [2.24, 2.45) is 16.3 Å². The summed E-state index contributed by atoms with van der Waals surface area (Å²) in [6, 6.07) is 6.10. The maximum Gasteiger partial charge on any atom is 0.238 e. The van der Waals surface area contributed by atoms with Crippen molar-refractivity contribution >= 4 is 15.9 Å². The maximum absolute atomic E-state index is 12.3. The SMILES string of the molecule is CCC(CC)(CN)C(=O)NCc1ccc(S(N)(=O)=O)cc1. The van der Waals surface area contributed by atoms with Gasteiger partial charge in [-0.15, -0.1) is 0 Å². The van der Waals surface area contributed by atoms with Crippen LogP contribution >= 0.6 is 0 Å². The van der Waals surface area contributed by atoms with Crippen molar-refractivity contribution in [1.29, 1.82) is 0 Å². The number of carbonyl (C=O) groups excluding carboxylic acids is 1. The smallest absolute Gasteiger partial charge is 0.238 e. The minimum absolute atomic E-state index is 0.0518. The van der Waals surface area contributed by atoms with Crippen LogP contribution in [0.4, 0.5) is 0 Å². The molecule has 1 aromatic carbocycles. The molecule has 0 fully saturated rings. The largest absolute Gasteiger partial charge is 0.352 e. The van der Waals surface area contributed by atoms with E-state index in [0.29, 0.717) is 25.9 Å². The average Bonchev–Trinajstić information content (AvgIpc) is 2.47. The third-order valence-corrected chi connectivity index (χ3v) is 4.86. The molecule has 21 heavy (non-hydrogen) atoms. The van der Waals surface area contributed by atoms with Crippen molar-refractivity contribution in [3.05, 3.63) is 29.8 Å². The van der Waals surface area contributed by atoms with E-state index in [1.807, 2.05) is 13.8 Å². The number of rotatable bonds is 7. The Morgan fingerprint density at radius 3 is 2.10 bits per heavy atom. The van der Waals surface area contributed by atoms with E-state index in [0.717, 1.165) is 5.56 Å². The summed E-state index contributed by atoms with van der Waals surface area (Å²) in [7, 11) is -3.69. The second-order valence-corrected chi connectivity index (χ2v) is 6.62. The molecule has 0 bridgehead atoms. The summed E-state index contributed by atoms with van der Waals surface area (Å²) >= 11 is 0. The van der Waals surface area contributed by atoms with Gasteiger partial charge in [-0.2, -0.15) is 0 Å². The summed E-state index contributed by atoms with van der Waals surface area (Å²) in [6.07, 6.45) is 1.35. The molecule has 118 valence electrons. The lowest BCUT2D eigenvalue weighted by molar-refractivity contribution is -0.131. The number of primary sulfonamides is 1. The number of amides is 1. The zero-order valence-electron chi connectivity index (χ0n) is 12.4. The van der Waals surface area contributed by atoms with E-state index in [1.165, 1.54) is 12.1 Å². The van der Waals surface area contributed by atoms with E-state index >= 15 is 0 Å². The summed E-state index contributed by atoms with van der Waals surface area (Å²) in [4.78, 5) is 12.3. The van der Waals surface area contributed by atoms with E-state index < -0.39 is 15.4 Å². The van der Waals surface area contributed by atoms with E-state index in [2.05, 4.69) is 5.32 Å². The van der Waals surface area contributed by atoms with Crippen molar-refractivity contribution in [3.8, 4) is 0 Å². The van der Waals surface area contributed by atoms with Crippen LogP contribution in [0.3, 0.4) is 0 Å². The van der Waals surface area contributed by atoms with Crippen LogP contribution in [0.2, 0.25) is 0 Å². The quantitative estimate of drug-likeness (QED) is 0.687. The summed E-state index contributed by atoms with van der Waals surface area (Å²) in [5.41, 5.74) is 5.98. The molecule has 0 unspecified atom stereocenters. The highest BCUT2D eigenvalue weighted by Gasteiger charge is 2.32. The van der Waals surface area contributed by atoms with Crippen LogP contribution in [0.5, 0.6) is 0 Å². The van der Waals surface area contributed by atoms with Gasteiger partial charge >= 0.3 is 0 Å². The molecule has 0 aliphatic rings. The van der Waals surface area contributed by atoms with Gasteiger partial charge < -0.3 is 11.1 Å². The molecule has 1 aromatic rings. The highest BCUT2D eigenvalue weighted by molar-refractivity contribution is 7.89. The number of hydrogen-bond donors (Lipinski definition) is 3. The van der Waals surface area contributed by atoms with Gasteiger partial charge in [-0.25, -0.2) is 13.6 Å². The van der Waals surface area contributed by atoms with Gasteiger partial charge in [-0.3, -0.25) is 4.79 Å². The van der Waals surface area contributed by atoms with Crippen molar-refractivity contribution in [2.45, 2.75) is 38.1 Å². The fraction of sp³-hybridized carbons (Fsp3) is 0.500. The number of benzene rings is 1. The molecule has 0 saturated carbocycles. The van der Waals surface area contributed by atoms with Crippen LogP contribution in [0.15, 0.2) is 29.2 Å². The van der Waals surface area contributed by atoms with Crippen molar-refractivity contribution in [1.82, 2.24) is 5.32 Å². The lowest BCUT2D eigenvalue weighted by Gasteiger charge is -2.28. The molecule has 0 aliphatic heterocycles. The topological polar surface area (TPSA) is 115 Å². The Bertz CT molecular complexity index is 570. The van der Waals surface area contributed by atoms with Gasteiger partial charge in [0.1, 0.15) is 0 Å². The lowest BCUT2D eigenvalue weighted by atomic mass is 9.81. The van der Waals surface area contributed by atoms with Crippen molar-refractivity contribution in [2.75, 3.05) is 6.54 Å². The Morgan fingerprint density at radius 1 is 1.19 bits per heavy atom. The van der Waals surface area contributed by atoms with Gasteiger partial charge in [-0.05, 0) is 30.5 Å². The zero-order chi connectivity index (χ0) is 16.1. The molecule has 0 radical (unpaired) electrons. The van der Waals surface area contributed by atoms with E-state index in [1.54, 1.807) is 12.1 Å². The Balaban J connectivity index is 2.74. The first kappa shape index (κ1) is 17.6. The summed E-state index contributed by atoms with van der Waals surface area (Å²) in [5.74, 6) is -0.0782. The van der Waals surface area contributed by atoms with Crippen LogP contribution in [-0.4, -0.2) is 20.9 Å². The molecule has 5 N–H and O–H groups in total. The number of hydrogen-bond acceptors (Lipinski definition) is 4. The van der Waals surface area contributed by atoms with Gasteiger partial charge in [0.15, 0.2) is 0 Å². The first-order valence-electron chi connectivity index (χ1n) is 6.89. The molecule has 0 aliphatic carbocycles. The summed E-state index contributed by atoms with van der Waals surface area (Å²) in [5, 5.41) is 7.88. The number of nitrogens with one attached hydrogen (secondary N) is 1. The summed E-state index contributed by atoms with van der Waals surface area (Å²) in [6.45, 7) is 4.51. The van der Waals surface area contributed by atoms with Crippen molar-refractivity contribution in [3.63, 3.8) is 0 Å². The predicted molar refractivity (Wildman–Crippen MR) is 81.7 cm³/mol. The monoisotopic (exact) mass is 313 g/mol. The van der Waals surface area contributed by atoms with E-state index in [4.69, 9.17) is 10.9 Å². The van der Waals surface area contributed by atoms with Crippen LogP contribution < -0.4 is 16.2 Å². The van der Waals surface area contributed by atoms with Gasteiger partial charge in [0.25, 0.3) is 0 Å². The molecule has 0 saturated heterocycles. The average molecular weight is 313 g/mol. The standard InChI is InChI=1S/C14H23N3O3S/c1-3-14(4-2,10-15)13(18)17-9-11-5-7-12(8-6-11)21(16,19)20/h5-8H,3-4,9-10,15H2,1-2H3,(H,17,18)(H2,16,19,20). The van der Waals surface area contributed by atoms with E-state index in [-0.39, 0.29) is 10.8 Å².